The maximum absolute atomic E-state index is 12.2. The highest BCUT2D eigenvalue weighted by molar-refractivity contribution is 6.33. The van der Waals surface area contributed by atoms with E-state index in [-0.39, 0.29) is 12.3 Å². The summed E-state index contributed by atoms with van der Waals surface area (Å²) in [6.07, 6.45) is 0. The van der Waals surface area contributed by atoms with Gasteiger partial charge < -0.3 is 4.74 Å². The minimum absolute atomic E-state index is 0.281. The second-order valence-corrected chi connectivity index (χ2v) is 7.44. The fraction of sp³-hybridized carbons (Fsp3) is 0.238. The first-order valence-electron chi connectivity index (χ1n) is 9.37. The minimum atomic E-state index is -0.314. The summed E-state index contributed by atoms with van der Waals surface area (Å²) in [6.45, 7) is 4.19. The van der Waals surface area contributed by atoms with Crippen LogP contribution in [0.1, 0.15) is 16.8 Å². The van der Waals surface area contributed by atoms with Gasteiger partial charge in [-0.15, -0.1) is 0 Å². The molecule has 0 unspecified atom stereocenters. The Hall–Kier alpha value is -3.39. The Kier molecular flexibility index (Phi) is 5.17. The molecule has 4 aromatic rings. The quantitative estimate of drug-likeness (QED) is 0.491. The first kappa shape index (κ1) is 19.9. The molecule has 0 N–H and O–H groups in total. The van der Waals surface area contributed by atoms with Crippen LogP contribution in [0.25, 0.3) is 16.9 Å². The number of nitrogens with zero attached hydrogens (tertiary/aromatic N) is 6. The van der Waals surface area contributed by atoms with Crippen LogP contribution in [0.2, 0.25) is 5.02 Å². The fourth-order valence-corrected chi connectivity index (χ4v) is 3.45. The van der Waals surface area contributed by atoms with Gasteiger partial charge in [-0.1, -0.05) is 29.8 Å². The third-order valence-corrected chi connectivity index (χ3v) is 5.49. The number of aryl methyl sites for hydroxylation is 3. The van der Waals surface area contributed by atoms with E-state index in [4.69, 9.17) is 16.3 Å². The lowest BCUT2D eigenvalue weighted by Gasteiger charge is -2.12. The molecule has 0 amide bonds. The van der Waals surface area contributed by atoms with Crippen molar-refractivity contribution in [3.8, 4) is 22.7 Å². The molecule has 4 rings (SSSR count). The molecule has 154 valence electrons. The summed E-state index contributed by atoms with van der Waals surface area (Å²) in [5.74, 6) is 0.740. The molecular weight excluding hydrogens is 404 g/mol. The molecule has 0 saturated heterocycles. The van der Waals surface area contributed by atoms with Gasteiger partial charge in [-0.3, -0.25) is 4.68 Å². The van der Waals surface area contributed by atoms with Crippen molar-refractivity contribution in [2.45, 2.75) is 20.5 Å². The van der Waals surface area contributed by atoms with E-state index < -0.39 is 0 Å². The molecule has 0 saturated carbocycles. The Balaban J connectivity index is 1.59. The van der Waals surface area contributed by atoms with Crippen LogP contribution in [0.3, 0.4) is 0 Å². The van der Waals surface area contributed by atoms with E-state index in [1.54, 1.807) is 11.7 Å². The van der Waals surface area contributed by atoms with Gasteiger partial charge in [-0.05, 0) is 54.1 Å². The van der Waals surface area contributed by atoms with E-state index in [1.165, 1.54) is 9.36 Å². The van der Waals surface area contributed by atoms with Crippen LogP contribution < -0.4 is 10.4 Å². The Labute approximate surface area is 178 Å². The Bertz CT molecular complexity index is 1290. The topological polar surface area (TPSA) is 79.8 Å². The molecule has 0 aliphatic heterocycles. The maximum Gasteiger partial charge on any atom is 0.368 e. The predicted molar refractivity (Wildman–Crippen MR) is 114 cm³/mol. The fourth-order valence-electron chi connectivity index (χ4n) is 3.19. The first-order chi connectivity index (χ1) is 14.4. The van der Waals surface area contributed by atoms with Crippen LogP contribution in [0, 0.1) is 13.8 Å². The molecular formula is C21H21ClN6O2. The standard InChI is InChI=1S/C21H21ClN6O2/c1-13-11-15(20-19(22)14(2)26(3)23-20)9-10-18(13)30-12-16-7-5-6-8-17(16)28-21(29)27(4)24-25-28/h5-11H,12H2,1-4H3. The summed E-state index contributed by atoms with van der Waals surface area (Å²) < 4.78 is 10.3. The number of halogens is 1. The second-order valence-electron chi connectivity index (χ2n) is 7.07. The predicted octanol–water partition coefficient (Wildman–Crippen LogP) is 3.22. The number of aromatic nitrogens is 6. The molecule has 2 heterocycles. The van der Waals surface area contributed by atoms with Gasteiger partial charge >= 0.3 is 5.69 Å². The number of hydrogen-bond donors (Lipinski definition) is 0. The monoisotopic (exact) mass is 424 g/mol. The summed E-state index contributed by atoms with van der Waals surface area (Å²) in [5, 5.41) is 12.8. The summed E-state index contributed by atoms with van der Waals surface area (Å²) in [7, 11) is 3.43. The number of benzene rings is 2. The van der Waals surface area contributed by atoms with Crippen molar-refractivity contribution in [1.29, 1.82) is 0 Å². The summed E-state index contributed by atoms with van der Waals surface area (Å²) in [4.78, 5) is 12.2. The van der Waals surface area contributed by atoms with Crippen molar-refractivity contribution in [3.05, 3.63) is 74.8 Å². The Morgan fingerprint density at radius 3 is 2.43 bits per heavy atom. The molecule has 0 atom stereocenters. The van der Waals surface area contributed by atoms with Crippen molar-refractivity contribution in [2.75, 3.05) is 0 Å². The second kappa shape index (κ2) is 7.79. The number of hydrogen-bond acceptors (Lipinski definition) is 5. The average Bonchev–Trinajstić information content (AvgIpc) is 3.20. The molecule has 0 bridgehead atoms. The zero-order valence-corrected chi connectivity index (χ0v) is 17.9. The van der Waals surface area contributed by atoms with Crippen LogP contribution in [-0.2, 0) is 20.7 Å². The third-order valence-electron chi connectivity index (χ3n) is 5.03. The molecule has 2 aromatic carbocycles. The van der Waals surface area contributed by atoms with E-state index in [2.05, 4.69) is 15.5 Å². The van der Waals surface area contributed by atoms with Gasteiger partial charge in [0, 0.05) is 25.2 Å². The highest BCUT2D eigenvalue weighted by atomic mass is 35.5. The largest absolute Gasteiger partial charge is 0.489 e. The van der Waals surface area contributed by atoms with E-state index in [0.29, 0.717) is 10.7 Å². The molecule has 0 fully saturated rings. The average molecular weight is 425 g/mol. The molecule has 8 nitrogen and oxygen atoms in total. The number of tetrazole rings is 1. The smallest absolute Gasteiger partial charge is 0.368 e. The van der Waals surface area contributed by atoms with Crippen molar-refractivity contribution in [1.82, 2.24) is 29.6 Å². The van der Waals surface area contributed by atoms with Crippen LogP contribution in [0.4, 0.5) is 0 Å². The van der Waals surface area contributed by atoms with Gasteiger partial charge in [0.1, 0.15) is 18.1 Å². The zero-order chi connectivity index (χ0) is 21.4. The van der Waals surface area contributed by atoms with Crippen LogP contribution in [-0.4, -0.2) is 29.6 Å². The van der Waals surface area contributed by atoms with Crippen LogP contribution in [0.15, 0.2) is 47.3 Å². The lowest BCUT2D eigenvalue weighted by molar-refractivity contribution is 0.303. The van der Waals surface area contributed by atoms with Crippen molar-refractivity contribution in [2.24, 2.45) is 14.1 Å². The van der Waals surface area contributed by atoms with E-state index in [0.717, 1.165) is 33.8 Å². The minimum Gasteiger partial charge on any atom is -0.489 e. The summed E-state index contributed by atoms with van der Waals surface area (Å²) in [6, 6.07) is 13.3. The Morgan fingerprint density at radius 1 is 1.03 bits per heavy atom. The van der Waals surface area contributed by atoms with E-state index in [1.807, 2.05) is 63.4 Å². The van der Waals surface area contributed by atoms with Crippen molar-refractivity contribution < 1.29 is 4.74 Å². The van der Waals surface area contributed by atoms with Gasteiger partial charge in [0.05, 0.1) is 16.4 Å². The van der Waals surface area contributed by atoms with Crippen LogP contribution >= 0.6 is 11.6 Å². The lowest BCUT2D eigenvalue weighted by Crippen LogP contribution is -2.23. The molecule has 2 aromatic heterocycles. The van der Waals surface area contributed by atoms with Gasteiger partial charge in [-0.2, -0.15) is 14.5 Å². The van der Waals surface area contributed by atoms with Gasteiger partial charge in [0.15, 0.2) is 0 Å². The number of rotatable bonds is 5. The van der Waals surface area contributed by atoms with Crippen LogP contribution in [0.5, 0.6) is 5.75 Å². The molecule has 0 radical (unpaired) electrons. The van der Waals surface area contributed by atoms with Gasteiger partial charge in [-0.25, -0.2) is 4.79 Å². The number of ether oxygens (including phenoxy) is 1. The molecule has 0 aliphatic rings. The molecule has 0 aliphatic carbocycles. The van der Waals surface area contributed by atoms with E-state index >= 15 is 0 Å². The highest BCUT2D eigenvalue weighted by Crippen LogP contribution is 2.32. The Morgan fingerprint density at radius 2 is 1.80 bits per heavy atom. The van der Waals surface area contributed by atoms with Gasteiger partial charge in [0.2, 0.25) is 0 Å². The normalized spacial score (nSPS) is 11.1. The highest BCUT2D eigenvalue weighted by Gasteiger charge is 2.15. The zero-order valence-electron chi connectivity index (χ0n) is 17.1. The SMILES string of the molecule is Cc1cc(-c2nn(C)c(C)c2Cl)ccc1OCc1ccccc1-n1nnn(C)c1=O. The summed E-state index contributed by atoms with van der Waals surface area (Å²) in [5.41, 5.74) is 4.71. The van der Waals surface area contributed by atoms with Crippen molar-refractivity contribution >= 4 is 11.6 Å². The molecule has 9 heteroatoms. The van der Waals surface area contributed by atoms with Gasteiger partial charge in [0.25, 0.3) is 0 Å². The molecule has 30 heavy (non-hydrogen) atoms. The van der Waals surface area contributed by atoms with Crippen molar-refractivity contribution in [3.63, 3.8) is 0 Å². The van der Waals surface area contributed by atoms with E-state index in [9.17, 15) is 4.79 Å². The summed E-state index contributed by atoms with van der Waals surface area (Å²) >= 11 is 6.42. The third kappa shape index (κ3) is 3.50. The lowest BCUT2D eigenvalue weighted by atomic mass is 10.1. The first-order valence-corrected chi connectivity index (χ1v) is 9.75. The number of para-hydroxylation sites is 1. The maximum atomic E-state index is 12.2. The molecule has 0 spiro atoms.